The Morgan fingerprint density at radius 3 is 1.12 bits per heavy atom. The summed E-state index contributed by atoms with van der Waals surface area (Å²) in [4.78, 5) is 54.0. The maximum absolute atomic E-state index is 12.6. The number of nitrogens with zero attached hydrogens (tertiary/aromatic N) is 7. The van der Waals surface area contributed by atoms with Gasteiger partial charge in [-0.1, -0.05) is 344 Å². The van der Waals surface area contributed by atoms with E-state index in [2.05, 4.69) is 118 Å². The van der Waals surface area contributed by atoms with Crippen molar-refractivity contribution in [1.82, 2.24) is 40.2 Å². The van der Waals surface area contributed by atoms with Crippen LogP contribution in [-0.2, 0) is 66.4 Å². The van der Waals surface area contributed by atoms with Crippen molar-refractivity contribution < 1.29 is 178 Å². The number of aliphatic hydroxyl groups is 3. The second-order valence-corrected chi connectivity index (χ2v) is 33.6. The molecule has 0 radical (unpaired) electrons. The SMILES string of the molecule is C=CCBr.C=CCOc1cccc2cccnc12.C=CCc1ccc2cccnc2c1O.C=CCc1ccc2cccnc2c1OCc1ccccc1.O=C(COc1ccccc1)NC(Cc1ccc2cccnc2c1O)c1ccccc1.O=CO[O-].OC(Cc1ccc2cccnc2c1OCc1ccccc1)c1ccccc1.OCC(O)Cc1ccc2cccnc2c1OCc1ccccc1.Oc1cccc2cccnc12.[H-].[K+].[K+]. The Kier molecular flexibility index (Phi) is 51.3. The van der Waals surface area contributed by atoms with Crippen molar-refractivity contribution in [1.29, 1.82) is 0 Å². The number of allylic oxidation sites excluding steroid dienone is 3. The van der Waals surface area contributed by atoms with E-state index in [9.17, 15) is 30.3 Å². The Labute approximate surface area is 967 Å². The summed E-state index contributed by atoms with van der Waals surface area (Å²) in [6.45, 7) is 15.9. The maximum atomic E-state index is 12.6. The van der Waals surface area contributed by atoms with Gasteiger partial charge in [0.2, 0.25) is 0 Å². The fourth-order valence-electron chi connectivity index (χ4n) is 15.4. The number of carbonyl (C=O) groups is 2. The number of nitrogens with one attached hydrogen (secondary N) is 1. The van der Waals surface area contributed by atoms with Crippen LogP contribution in [0.2, 0.25) is 0 Å². The normalized spacial score (nSPS) is 10.8. The van der Waals surface area contributed by atoms with Crippen LogP contribution in [0, 0.1) is 0 Å². The van der Waals surface area contributed by atoms with E-state index in [0.29, 0.717) is 80.2 Å². The molecule has 0 aliphatic rings. The van der Waals surface area contributed by atoms with Gasteiger partial charge in [-0.3, -0.25) is 44.5 Å². The molecule has 20 rings (SSSR count). The molecule has 3 unspecified atom stereocenters. The fourth-order valence-corrected chi connectivity index (χ4v) is 15.4. The number of fused-ring (bicyclic) bond motifs is 7. The molecule has 1 amide bonds. The van der Waals surface area contributed by atoms with E-state index in [1.165, 1.54) is 0 Å². The summed E-state index contributed by atoms with van der Waals surface area (Å²) in [6, 6.07) is 116. The molecule has 7 N–H and O–H groups in total. The largest absolute Gasteiger partial charge is 1.00 e. The molecule has 0 saturated carbocycles. The first kappa shape index (κ1) is 118. The van der Waals surface area contributed by atoms with Gasteiger partial charge in [0.25, 0.3) is 12.4 Å². The zero-order chi connectivity index (χ0) is 104. The van der Waals surface area contributed by atoms with Gasteiger partial charge in [-0.15, -0.1) is 19.7 Å². The number of halogens is 1. The number of aliphatic hydroxyl groups excluding tert-OH is 3. The molecule has 750 valence electrons. The number of amides is 1. The van der Waals surface area contributed by atoms with E-state index in [1.54, 1.807) is 73.7 Å². The number of para-hydroxylation sites is 3. The average molecular weight is 2120 g/mol. The minimum Gasteiger partial charge on any atom is -1.00 e. The first-order valence-electron chi connectivity index (χ1n) is 47.6. The maximum Gasteiger partial charge on any atom is 1.00 e. The summed E-state index contributed by atoms with van der Waals surface area (Å²) in [5.74, 6) is 4.13. The van der Waals surface area contributed by atoms with Gasteiger partial charge in [-0.2, -0.15) is 0 Å². The van der Waals surface area contributed by atoms with Crippen molar-refractivity contribution in [2.24, 2.45) is 0 Å². The molecular formula is C124H115BrK2N8O15. The summed E-state index contributed by atoms with van der Waals surface area (Å²) < 4.78 is 29.4. The number of hydrogen-bond acceptors (Lipinski definition) is 22. The van der Waals surface area contributed by atoms with Crippen molar-refractivity contribution in [2.75, 3.05) is 25.2 Å². The van der Waals surface area contributed by atoms with Crippen molar-refractivity contribution in [3.8, 4) is 46.0 Å². The Hall–Kier alpha value is -14.4. The third kappa shape index (κ3) is 36.5. The number of alkyl halides is 1. The Morgan fingerprint density at radius 1 is 0.360 bits per heavy atom. The van der Waals surface area contributed by atoms with E-state index in [0.717, 1.165) is 144 Å². The van der Waals surface area contributed by atoms with Crippen LogP contribution in [0.15, 0.2) is 458 Å². The average Bonchev–Trinajstić information content (AvgIpc) is 0.802. The summed E-state index contributed by atoms with van der Waals surface area (Å²) in [5, 5.41) is 78.8. The number of phenolic OH excluding ortho intramolecular Hbond substituents is 3. The van der Waals surface area contributed by atoms with Crippen molar-refractivity contribution in [3.05, 3.63) is 514 Å². The smallest absolute Gasteiger partial charge is 1.00 e. The van der Waals surface area contributed by atoms with Gasteiger partial charge < -0.3 is 71.2 Å². The number of aromatic nitrogens is 7. The van der Waals surface area contributed by atoms with Crippen LogP contribution in [0.1, 0.15) is 69.2 Å². The monoisotopic (exact) mass is 2110 g/mol. The molecule has 13 aromatic carbocycles. The Morgan fingerprint density at radius 2 is 0.700 bits per heavy atom. The number of rotatable bonds is 31. The van der Waals surface area contributed by atoms with Crippen LogP contribution in [0.25, 0.3) is 76.3 Å². The molecule has 0 aliphatic heterocycles. The van der Waals surface area contributed by atoms with E-state index >= 15 is 0 Å². The van der Waals surface area contributed by atoms with Crippen LogP contribution in [-0.4, -0.2) is 109 Å². The quantitative estimate of drug-likeness (QED) is 0.00530. The van der Waals surface area contributed by atoms with Crippen molar-refractivity contribution in [2.45, 2.75) is 70.2 Å². The van der Waals surface area contributed by atoms with E-state index < -0.39 is 12.2 Å². The molecule has 0 bridgehead atoms. The van der Waals surface area contributed by atoms with E-state index in [-0.39, 0.29) is 153 Å². The van der Waals surface area contributed by atoms with Crippen molar-refractivity contribution in [3.63, 3.8) is 0 Å². The number of ether oxygens (including phenoxy) is 5. The second kappa shape index (κ2) is 65.5. The number of hydrogen-bond donors (Lipinski definition) is 7. The molecular weight excluding hydrogens is 2000 g/mol. The molecule has 0 fully saturated rings. The number of benzene rings is 13. The number of phenols is 3. The minimum atomic E-state index is -0.810. The number of carbonyl (C=O) groups excluding carboxylic acids is 2. The predicted octanol–water partition coefficient (Wildman–Crippen LogP) is 18.3. The summed E-state index contributed by atoms with van der Waals surface area (Å²) >= 11 is 3.13. The summed E-state index contributed by atoms with van der Waals surface area (Å²) in [6.07, 6.45) is 20.5. The Balaban J connectivity index is 0.000000196. The molecule has 26 heteroatoms. The van der Waals surface area contributed by atoms with Crippen molar-refractivity contribution >= 4 is 105 Å². The molecule has 23 nitrogen and oxygen atoms in total. The van der Waals surface area contributed by atoms with Crippen LogP contribution >= 0.6 is 15.9 Å². The number of pyridine rings is 7. The first-order chi connectivity index (χ1) is 72.6. The van der Waals surface area contributed by atoms with Crippen LogP contribution in [0.5, 0.6) is 46.0 Å². The topological polar surface area (TPSA) is 336 Å². The van der Waals surface area contributed by atoms with Gasteiger partial charge in [0, 0.05) is 111 Å². The first-order valence-corrected chi connectivity index (χ1v) is 48.7. The minimum absolute atomic E-state index is 0. The molecule has 7 heterocycles. The molecule has 7 aromatic heterocycles. The third-order valence-electron chi connectivity index (χ3n) is 22.5. The van der Waals surface area contributed by atoms with Gasteiger partial charge in [0.15, 0.2) is 6.61 Å². The summed E-state index contributed by atoms with van der Waals surface area (Å²) in [7, 11) is 0. The molecule has 0 saturated heterocycles. The van der Waals surface area contributed by atoms with Gasteiger partial charge >= 0.3 is 103 Å². The van der Waals surface area contributed by atoms with E-state index in [4.69, 9.17) is 38.8 Å². The fraction of sp³-hybridized carbons (Fsp3) is 0.121. The zero-order valence-electron chi connectivity index (χ0n) is 84.5. The van der Waals surface area contributed by atoms with E-state index in [1.807, 2.05) is 328 Å². The van der Waals surface area contributed by atoms with Crippen LogP contribution in [0.3, 0.4) is 0 Å². The molecule has 150 heavy (non-hydrogen) atoms. The van der Waals surface area contributed by atoms with Gasteiger partial charge in [0.05, 0.1) is 24.9 Å². The predicted molar refractivity (Wildman–Crippen MR) is 590 cm³/mol. The van der Waals surface area contributed by atoms with Gasteiger partial charge in [0.1, 0.15) is 111 Å². The zero-order valence-corrected chi connectivity index (χ0v) is 91.3. The van der Waals surface area contributed by atoms with Crippen LogP contribution in [0.4, 0.5) is 0 Å². The third-order valence-corrected chi connectivity index (χ3v) is 23.0. The standard InChI is InChI=1S/C25H22N2O3.C24H21NO2.C19H19NO3.C19H17NO.2C12H11NO.C9H7NO.C3H5Br.CH2O3.2K.H/c28-23(17-30-21-11-5-2-6-12-21)27-22(18-8-3-1-4-9-18)16-20-14-13-19-10-7-15-26-24(19)25(20)29;26-22(19-10-5-2-6-11-19)16-21-14-13-20-12-7-15-25-23(20)24(21)27-17-18-8-3-1-4-9-18;21-12-17(22)11-16-9-8-15-7-4-10-20-18(15)19(16)23-13-14-5-2-1-3-6-14;1-2-7-17-12-11-16-10-6-13-20-18(16)19(17)21-14-15-8-4-3-5-9-15;1-2-9-14-11-7-3-5-10-6-4-8-13-12(10)11;1-2-4-10-7-6-9-5-3-8-13-11(9)12(10)14;11-8-5-1-3-7-4-2-6-10-9(7)8;1-2-3-4;2-1-4-3;;;/h1-15,22,29H,16-17H2,(H,27,28);1-15,22,26H,16-17H2;1-10,17,21-22H,11-13H2;2-6,8-13H,1,7,14H2;2-8H,1,9H2;2-3,5-8,14H,1,4H2;1-6,11H;2H,1,3H2;1,3H;;;/q;;;;;;;;;2*+1;-1/p-1. The molecule has 0 aliphatic carbocycles. The van der Waals surface area contributed by atoms with Gasteiger partial charge in [-0.05, 0) is 130 Å². The Bertz CT molecular complexity index is 7570. The summed E-state index contributed by atoms with van der Waals surface area (Å²) in [5.41, 5.74) is 14.9. The van der Waals surface area contributed by atoms with Crippen LogP contribution < -0.4 is 137 Å². The molecule has 20 aromatic rings. The molecule has 0 spiro atoms. The molecule has 3 atom stereocenters. The number of aromatic hydroxyl groups is 3. The van der Waals surface area contributed by atoms with Gasteiger partial charge in [-0.25, -0.2) is 0 Å². The second-order valence-electron chi connectivity index (χ2n) is 32.9.